The molecule has 0 radical (unpaired) electrons. The molecule has 0 aromatic rings. The first kappa shape index (κ1) is 33.8. The molecule has 42 heavy (non-hydrogen) atoms. The Hall–Kier alpha value is -2.70. The number of nitrogens with zero attached hydrogens (tertiary/aromatic N) is 1. The number of alkyl carbamates (subject to hydrolysis) is 1. The van der Waals surface area contributed by atoms with E-state index in [0.717, 1.165) is 19.3 Å². The van der Waals surface area contributed by atoms with E-state index in [2.05, 4.69) is 35.2 Å². The van der Waals surface area contributed by atoms with E-state index in [4.69, 9.17) is 4.74 Å². The van der Waals surface area contributed by atoms with Crippen LogP contribution in [0, 0.1) is 23.2 Å². The molecule has 0 aromatic carbocycles. The monoisotopic (exact) mass is 614 g/mol. The zero-order chi connectivity index (χ0) is 31.6. The van der Waals surface area contributed by atoms with Gasteiger partial charge in [-0.1, -0.05) is 39.2 Å². The summed E-state index contributed by atoms with van der Waals surface area (Å²) in [5.41, 5.74) is -1.10. The molecule has 3 rings (SSSR count). The third-order valence-electron chi connectivity index (χ3n) is 8.53. The Morgan fingerprint density at radius 3 is 2.26 bits per heavy atom. The van der Waals surface area contributed by atoms with Gasteiger partial charge in [0.25, 0.3) is 11.2 Å². The number of likely N-dealkylation sites (tertiary alicyclic amines) is 1. The number of hydrogen-bond donors (Lipinski definition) is 4. The first-order chi connectivity index (χ1) is 19.4. The standard InChI is InChI=1S/C29H44F2N4O6S/c1-7-13-32-24(38)22(36)18(14-29(30,31)42)33-23(37)21-19-17(28(19,5)6)15-35(21)25(39)20(16-11-9-8-10-12-16)34-26(40)41-27(2,3)4/h7,16-21,42H,1,8-15H2,2-6H3,(H,32,38)(H,33,37)(H,34,40)/t17?,18?,19?,20-,21?/m0/s1. The van der Waals surface area contributed by atoms with Crippen LogP contribution < -0.4 is 16.0 Å². The number of halogens is 2. The van der Waals surface area contributed by atoms with Crippen molar-refractivity contribution in [2.75, 3.05) is 13.1 Å². The van der Waals surface area contributed by atoms with Crippen molar-refractivity contribution < 1.29 is 37.5 Å². The van der Waals surface area contributed by atoms with Crippen LogP contribution in [0.25, 0.3) is 0 Å². The Morgan fingerprint density at radius 2 is 1.71 bits per heavy atom. The lowest BCUT2D eigenvalue weighted by Crippen LogP contribution is -2.60. The summed E-state index contributed by atoms with van der Waals surface area (Å²) in [6.45, 7) is 12.6. The van der Waals surface area contributed by atoms with E-state index in [1.807, 2.05) is 13.8 Å². The van der Waals surface area contributed by atoms with Gasteiger partial charge in [0.15, 0.2) is 0 Å². The fraction of sp³-hybridized carbons (Fsp3) is 0.759. The van der Waals surface area contributed by atoms with E-state index < -0.39 is 65.0 Å². The molecule has 0 spiro atoms. The first-order valence-electron chi connectivity index (χ1n) is 14.5. The Kier molecular flexibility index (Phi) is 10.4. The highest BCUT2D eigenvalue weighted by molar-refractivity contribution is 7.81. The van der Waals surface area contributed by atoms with Gasteiger partial charge >= 0.3 is 6.09 Å². The van der Waals surface area contributed by atoms with Crippen LogP contribution in [0.2, 0.25) is 0 Å². The Balaban J connectivity index is 1.88. The third kappa shape index (κ3) is 8.23. The van der Waals surface area contributed by atoms with Crippen LogP contribution in [0.5, 0.6) is 0 Å². The summed E-state index contributed by atoms with van der Waals surface area (Å²) in [6.07, 6.45) is 3.57. The van der Waals surface area contributed by atoms with Crippen LogP contribution in [-0.4, -0.2) is 76.6 Å². The highest BCUT2D eigenvalue weighted by atomic mass is 32.1. The maximum Gasteiger partial charge on any atom is 0.408 e. The normalized spacial score (nSPS) is 25.0. The number of carbonyl (C=O) groups excluding carboxylic acids is 5. The number of Topliss-reactive ketones (excluding diaryl/α,β-unsaturated/α-hetero) is 1. The zero-order valence-corrected chi connectivity index (χ0v) is 25.9. The second-order valence-electron chi connectivity index (χ2n) is 13.2. The summed E-state index contributed by atoms with van der Waals surface area (Å²) in [5, 5.41) is 3.65. The third-order valence-corrected chi connectivity index (χ3v) is 8.72. The number of piperidine rings is 1. The summed E-state index contributed by atoms with van der Waals surface area (Å²) in [6, 6.07) is -3.90. The van der Waals surface area contributed by atoms with Crippen molar-refractivity contribution in [3.05, 3.63) is 12.7 Å². The van der Waals surface area contributed by atoms with Crippen molar-refractivity contribution in [3.8, 4) is 0 Å². The van der Waals surface area contributed by atoms with E-state index >= 15 is 0 Å². The molecule has 1 aliphatic heterocycles. The molecule has 4 unspecified atom stereocenters. The molecule has 2 aliphatic carbocycles. The quantitative estimate of drug-likeness (QED) is 0.161. The molecule has 13 heteroatoms. The number of nitrogens with one attached hydrogen (secondary N) is 3. The Bertz CT molecular complexity index is 1080. The van der Waals surface area contributed by atoms with Gasteiger partial charge in [-0.05, 0) is 56.8 Å². The van der Waals surface area contributed by atoms with Gasteiger partial charge in [0.05, 0.1) is 0 Å². The largest absolute Gasteiger partial charge is 0.444 e. The number of rotatable bonds is 11. The van der Waals surface area contributed by atoms with Crippen molar-refractivity contribution in [2.45, 2.75) is 102 Å². The minimum Gasteiger partial charge on any atom is -0.444 e. The molecule has 5 atom stereocenters. The molecular formula is C29H44F2N4O6S. The molecule has 0 aromatic heterocycles. The summed E-state index contributed by atoms with van der Waals surface area (Å²) in [5.74, 6) is -4.18. The lowest BCUT2D eigenvalue weighted by molar-refractivity contribution is -0.145. The average molecular weight is 615 g/mol. The van der Waals surface area contributed by atoms with Gasteiger partial charge in [-0.3, -0.25) is 19.2 Å². The maximum absolute atomic E-state index is 14.1. The topological polar surface area (TPSA) is 134 Å². The molecule has 236 valence electrons. The van der Waals surface area contributed by atoms with Crippen LogP contribution in [0.3, 0.4) is 0 Å². The number of amides is 4. The number of ether oxygens (including phenoxy) is 1. The summed E-state index contributed by atoms with van der Waals surface area (Å²) >= 11 is 3.21. The molecule has 1 heterocycles. The predicted octanol–water partition coefficient (Wildman–Crippen LogP) is 3.21. The zero-order valence-electron chi connectivity index (χ0n) is 25.0. The number of alkyl halides is 2. The molecule has 2 saturated carbocycles. The van der Waals surface area contributed by atoms with E-state index in [1.54, 1.807) is 20.8 Å². The van der Waals surface area contributed by atoms with Gasteiger partial charge in [-0.15, -0.1) is 19.2 Å². The Labute approximate surface area is 251 Å². The minimum atomic E-state index is -3.66. The Morgan fingerprint density at radius 1 is 1.10 bits per heavy atom. The molecule has 3 fully saturated rings. The SMILES string of the molecule is C=CCNC(=O)C(=O)C(CC(F)(F)S)NC(=O)C1C2C(CN1C(=O)[C@@H](NC(=O)OC(C)(C)C)C1CCCCC1)C2(C)C. The van der Waals surface area contributed by atoms with Gasteiger partial charge in [0, 0.05) is 19.5 Å². The van der Waals surface area contributed by atoms with Gasteiger partial charge in [-0.25, -0.2) is 4.79 Å². The van der Waals surface area contributed by atoms with Crippen LogP contribution in [0.15, 0.2) is 12.7 Å². The molecule has 10 nitrogen and oxygen atoms in total. The van der Waals surface area contributed by atoms with Gasteiger partial charge in [0.1, 0.15) is 23.7 Å². The average Bonchev–Trinajstić information content (AvgIpc) is 3.21. The van der Waals surface area contributed by atoms with Gasteiger partial charge in [-0.2, -0.15) is 8.78 Å². The predicted molar refractivity (Wildman–Crippen MR) is 155 cm³/mol. The molecular weight excluding hydrogens is 570 g/mol. The smallest absolute Gasteiger partial charge is 0.408 e. The summed E-state index contributed by atoms with van der Waals surface area (Å²) in [4.78, 5) is 67.1. The van der Waals surface area contributed by atoms with Crippen LogP contribution in [-0.2, 0) is 23.9 Å². The number of thiol groups is 1. The lowest BCUT2D eigenvalue weighted by atomic mass is 9.83. The molecule has 0 bridgehead atoms. The van der Waals surface area contributed by atoms with Crippen molar-refractivity contribution in [1.82, 2.24) is 20.9 Å². The fourth-order valence-corrected chi connectivity index (χ4v) is 6.58. The van der Waals surface area contributed by atoms with Crippen molar-refractivity contribution in [2.24, 2.45) is 23.2 Å². The summed E-state index contributed by atoms with van der Waals surface area (Å²) in [7, 11) is 0. The summed E-state index contributed by atoms with van der Waals surface area (Å²) < 4.78 is 33.3. The van der Waals surface area contributed by atoms with E-state index in [-0.39, 0.29) is 36.3 Å². The van der Waals surface area contributed by atoms with Crippen molar-refractivity contribution >= 4 is 42.2 Å². The minimum absolute atomic E-state index is 0.0397. The van der Waals surface area contributed by atoms with E-state index in [0.29, 0.717) is 12.8 Å². The number of hydrogen-bond acceptors (Lipinski definition) is 7. The first-order valence-corrected chi connectivity index (χ1v) is 15.0. The van der Waals surface area contributed by atoms with Crippen LogP contribution in [0.1, 0.15) is 73.1 Å². The second-order valence-corrected chi connectivity index (χ2v) is 13.9. The van der Waals surface area contributed by atoms with Crippen molar-refractivity contribution in [1.29, 1.82) is 0 Å². The number of carbonyl (C=O) groups is 5. The van der Waals surface area contributed by atoms with Crippen LogP contribution >= 0.6 is 12.6 Å². The van der Waals surface area contributed by atoms with Gasteiger partial charge < -0.3 is 25.6 Å². The molecule has 3 N–H and O–H groups in total. The number of fused-ring (bicyclic) bond motifs is 1. The maximum atomic E-state index is 14.1. The second kappa shape index (κ2) is 12.9. The fourth-order valence-electron chi connectivity index (χ4n) is 6.40. The number of ketones is 1. The molecule has 1 saturated heterocycles. The van der Waals surface area contributed by atoms with E-state index in [1.165, 1.54) is 11.0 Å². The highest BCUT2D eigenvalue weighted by Gasteiger charge is 2.69. The van der Waals surface area contributed by atoms with Crippen LogP contribution in [0.4, 0.5) is 13.6 Å². The van der Waals surface area contributed by atoms with Crippen molar-refractivity contribution in [3.63, 3.8) is 0 Å². The molecule has 4 amide bonds. The lowest BCUT2D eigenvalue weighted by Gasteiger charge is -2.37. The molecule has 3 aliphatic rings. The van der Waals surface area contributed by atoms with E-state index in [9.17, 15) is 32.8 Å². The van der Waals surface area contributed by atoms with Gasteiger partial charge in [0.2, 0.25) is 17.6 Å². The highest BCUT2D eigenvalue weighted by Crippen LogP contribution is 2.65.